The standard InChI is InChI=1S/C16H21BrN4O2/c1-16(2,3)23-15(22)18-7-4-8-21-11-12(9-20-21)14-6-5-13(17)10-19-14/h5-6,9-11H,4,7-8H2,1-3H3,(H,18,22). The van der Waals surface area contributed by atoms with E-state index in [-0.39, 0.29) is 0 Å². The molecule has 0 radical (unpaired) electrons. The number of amides is 1. The Morgan fingerprint density at radius 2 is 2.13 bits per heavy atom. The van der Waals surface area contributed by atoms with Crippen LogP contribution in [-0.4, -0.2) is 33.0 Å². The summed E-state index contributed by atoms with van der Waals surface area (Å²) in [5.74, 6) is 0. The molecule has 0 aliphatic heterocycles. The maximum atomic E-state index is 11.5. The number of hydrogen-bond acceptors (Lipinski definition) is 4. The smallest absolute Gasteiger partial charge is 0.407 e. The number of ether oxygens (including phenoxy) is 1. The Hall–Kier alpha value is -1.89. The lowest BCUT2D eigenvalue weighted by Gasteiger charge is -2.19. The van der Waals surface area contributed by atoms with Crippen LogP contribution in [0.15, 0.2) is 35.2 Å². The van der Waals surface area contributed by atoms with E-state index in [0.717, 1.165) is 22.2 Å². The van der Waals surface area contributed by atoms with E-state index in [1.807, 2.05) is 43.8 Å². The number of nitrogens with one attached hydrogen (secondary N) is 1. The molecule has 0 saturated heterocycles. The Bertz CT molecular complexity index is 647. The van der Waals surface area contributed by atoms with Crippen LogP contribution in [0.3, 0.4) is 0 Å². The van der Waals surface area contributed by atoms with Crippen molar-refractivity contribution in [3.8, 4) is 11.3 Å². The van der Waals surface area contributed by atoms with E-state index in [0.29, 0.717) is 13.1 Å². The molecule has 0 saturated carbocycles. The van der Waals surface area contributed by atoms with Crippen molar-refractivity contribution in [2.45, 2.75) is 39.3 Å². The first kappa shape index (κ1) is 17.5. The molecule has 6 nitrogen and oxygen atoms in total. The fraction of sp³-hybridized carbons (Fsp3) is 0.438. The van der Waals surface area contributed by atoms with Gasteiger partial charge in [-0.2, -0.15) is 5.10 Å². The van der Waals surface area contributed by atoms with Crippen molar-refractivity contribution in [2.24, 2.45) is 0 Å². The van der Waals surface area contributed by atoms with Crippen LogP contribution >= 0.6 is 15.9 Å². The minimum Gasteiger partial charge on any atom is -0.444 e. The Kier molecular flexibility index (Phi) is 5.76. The first-order valence-corrected chi connectivity index (χ1v) is 8.24. The second kappa shape index (κ2) is 7.59. The quantitative estimate of drug-likeness (QED) is 0.804. The predicted molar refractivity (Wildman–Crippen MR) is 92.0 cm³/mol. The Morgan fingerprint density at radius 1 is 1.35 bits per heavy atom. The van der Waals surface area contributed by atoms with Crippen molar-refractivity contribution in [1.29, 1.82) is 0 Å². The molecule has 1 N–H and O–H groups in total. The molecule has 0 aromatic carbocycles. The summed E-state index contributed by atoms with van der Waals surface area (Å²) in [6.45, 7) is 6.78. The van der Waals surface area contributed by atoms with Crippen molar-refractivity contribution < 1.29 is 9.53 Å². The molecule has 7 heteroatoms. The van der Waals surface area contributed by atoms with Gasteiger partial charge < -0.3 is 10.1 Å². The van der Waals surface area contributed by atoms with Crippen molar-refractivity contribution >= 4 is 22.0 Å². The summed E-state index contributed by atoms with van der Waals surface area (Å²) in [6, 6.07) is 3.89. The van der Waals surface area contributed by atoms with Crippen molar-refractivity contribution in [3.05, 3.63) is 35.2 Å². The maximum absolute atomic E-state index is 11.5. The normalized spacial score (nSPS) is 11.3. The number of rotatable bonds is 5. The fourth-order valence-corrected chi connectivity index (χ4v) is 2.14. The number of aromatic nitrogens is 3. The Balaban J connectivity index is 1.77. The van der Waals surface area contributed by atoms with Crippen molar-refractivity contribution in [2.75, 3.05) is 6.54 Å². The van der Waals surface area contributed by atoms with Gasteiger partial charge in [0.15, 0.2) is 0 Å². The van der Waals surface area contributed by atoms with Crippen LogP contribution in [-0.2, 0) is 11.3 Å². The third kappa shape index (κ3) is 6.02. The molecular weight excluding hydrogens is 360 g/mol. The highest BCUT2D eigenvalue weighted by Gasteiger charge is 2.15. The lowest BCUT2D eigenvalue weighted by molar-refractivity contribution is 0.0526. The van der Waals surface area contributed by atoms with Crippen LogP contribution in [0.5, 0.6) is 0 Å². The van der Waals surface area contributed by atoms with Gasteiger partial charge in [-0.05, 0) is 55.3 Å². The van der Waals surface area contributed by atoms with Crippen LogP contribution in [0.1, 0.15) is 27.2 Å². The van der Waals surface area contributed by atoms with Crippen LogP contribution in [0.25, 0.3) is 11.3 Å². The molecule has 0 bridgehead atoms. The van der Waals surface area contributed by atoms with Gasteiger partial charge in [-0.1, -0.05) is 0 Å². The molecule has 0 aliphatic rings. The largest absolute Gasteiger partial charge is 0.444 e. The summed E-state index contributed by atoms with van der Waals surface area (Å²) < 4.78 is 7.97. The van der Waals surface area contributed by atoms with Crippen LogP contribution < -0.4 is 5.32 Å². The monoisotopic (exact) mass is 380 g/mol. The summed E-state index contributed by atoms with van der Waals surface area (Å²) in [6.07, 6.45) is 5.88. The van der Waals surface area contributed by atoms with Gasteiger partial charge in [0.05, 0.1) is 11.9 Å². The van der Waals surface area contributed by atoms with E-state index in [1.165, 1.54) is 0 Å². The first-order chi connectivity index (χ1) is 10.8. The molecule has 0 aliphatic carbocycles. The number of hydrogen-bond donors (Lipinski definition) is 1. The number of aryl methyl sites for hydroxylation is 1. The zero-order valence-electron chi connectivity index (χ0n) is 13.5. The second-order valence-electron chi connectivity index (χ2n) is 6.14. The highest BCUT2D eigenvalue weighted by Crippen LogP contribution is 2.18. The zero-order chi connectivity index (χ0) is 16.9. The summed E-state index contributed by atoms with van der Waals surface area (Å²) in [7, 11) is 0. The Labute approximate surface area is 144 Å². The number of alkyl carbamates (subject to hydrolysis) is 1. The lowest BCUT2D eigenvalue weighted by Crippen LogP contribution is -2.33. The average Bonchev–Trinajstić information content (AvgIpc) is 2.91. The van der Waals surface area contributed by atoms with Gasteiger partial charge in [0.2, 0.25) is 0 Å². The topological polar surface area (TPSA) is 69.0 Å². The van der Waals surface area contributed by atoms with E-state index in [9.17, 15) is 4.79 Å². The van der Waals surface area contributed by atoms with Crippen LogP contribution in [0, 0.1) is 0 Å². The fourth-order valence-electron chi connectivity index (χ4n) is 1.91. The van der Waals surface area contributed by atoms with Crippen molar-refractivity contribution in [1.82, 2.24) is 20.1 Å². The number of nitrogens with zero attached hydrogens (tertiary/aromatic N) is 3. The third-order valence-electron chi connectivity index (χ3n) is 2.89. The highest BCUT2D eigenvalue weighted by molar-refractivity contribution is 9.10. The third-order valence-corrected chi connectivity index (χ3v) is 3.36. The van der Waals surface area contributed by atoms with E-state index in [1.54, 1.807) is 12.4 Å². The molecule has 2 rings (SSSR count). The van der Waals surface area contributed by atoms with E-state index >= 15 is 0 Å². The van der Waals surface area contributed by atoms with Gasteiger partial charge in [0, 0.05) is 35.5 Å². The van der Waals surface area contributed by atoms with Gasteiger partial charge in [-0.3, -0.25) is 9.67 Å². The van der Waals surface area contributed by atoms with Gasteiger partial charge in [-0.15, -0.1) is 0 Å². The van der Waals surface area contributed by atoms with Gasteiger partial charge in [-0.25, -0.2) is 4.79 Å². The van der Waals surface area contributed by atoms with Gasteiger partial charge in [0.1, 0.15) is 5.60 Å². The first-order valence-electron chi connectivity index (χ1n) is 7.45. The second-order valence-corrected chi connectivity index (χ2v) is 7.05. The number of pyridine rings is 1. The molecule has 2 heterocycles. The van der Waals surface area contributed by atoms with Gasteiger partial charge in [0.25, 0.3) is 0 Å². The van der Waals surface area contributed by atoms with E-state index in [4.69, 9.17) is 4.74 Å². The number of carbonyl (C=O) groups is 1. The molecule has 0 unspecified atom stereocenters. The molecule has 0 fully saturated rings. The maximum Gasteiger partial charge on any atom is 0.407 e. The van der Waals surface area contributed by atoms with Gasteiger partial charge >= 0.3 is 6.09 Å². The molecule has 124 valence electrons. The highest BCUT2D eigenvalue weighted by atomic mass is 79.9. The minimum atomic E-state index is -0.474. The SMILES string of the molecule is CC(C)(C)OC(=O)NCCCn1cc(-c2ccc(Br)cn2)cn1. The molecule has 0 atom stereocenters. The Morgan fingerprint density at radius 3 is 2.78 bits per heavy atom. The molecule has 2 aromatic rings. The summed E-state index contributed by atoms with van der Waals surface area (Å²) in [5.41, 5.74) is 1.38. The predicted octanol–water partition coefficient (Wildman–Crippen LogP) is 3.62. The summed E-state index contributed by atoms with van der Waals surface area (Å²) >= 11 is 3.37. The van der Waals surface area contributed by atoms with Crippen LogP contribution in [0.4, 0.5) is 4.79 Å². The molecular formula is C16H21BrN4O2. The summed E-state index contributed by atoms with van der Waals surface area (Å²) in [4.78, 5) is 15.9. The number of halogens is 1. The van der Waals surface area contributed by atoms with Crippen LogP contribution in [0.2, 0.25) is 0 Å². The average molecular weight is 381 g/mol. The molecule has 23 heavy (non-hydrogen) atoms. The minimum absolute atomic E-state index is 0.391. The number of carbonyl (C=O) groups excluding carboxylic acids is 1. The zero-order valence-corrected chi connectivity index (χ0v) is 15.1. The van der Waals surface area contributed by atoms with E-state index in [2.05, 4.69) is 31.3 Å². The molecule has 1 amide bonds. The summed E-state index contributed by atoms with van der Waals surface area (Å²) in [5, 5.41) is 7.05. The molecule has 0 spiro atoms. The lowest BCUT2D eigenvalue weighted by atomic mass is 10.2. The molecule has 2 aromatic heterocycles. The van der Waals surface area contributed by atoms with E-state index < -0.39 is 11.7 Å². The van der Waals surface area contributed by atoms with Crippen molar-refractivity contribution in [3.63, 3.8) is 0 Å².